The molecular formula is C13H17NO4. The second-order valence-electron chi connectivity index (χ2n) is 3.79. The minimum atomic E-state index is -0.448. The average Bonchev–Trinajstić information content (AvgIpc) is 2.43. The Morgan fingerprint density at radius 3 is 2.50 bits per heavy atom. The van der Waals surface area contributed by atoms with E-state index in [1.54, 1.807) is 0 Å². The summed E-state index contributed by atoms with van der Waals surface area (Å²) in [7, 11) is 1.28. The third-order valence-corrected chi connectivity index (χ3v) is 2.50. The number of hydrogen-bond donors (Lipinski definition) is 2. The smallest absolute Gasteiger partial charge is 0.306 e. The number of ether oxygens (including phenoxy) is 1. The lowest BCUT2D eigenvalue weighted by atomic mass is 10.1. The molecule has 0 unspecified atom stereocenters. The maximum Gasteiger partial charge on any atom is 0.306 e. The molecule has 0 aliphatic rings. The van der Waals surface area contributed by atoms with Crippen LogP contribution in [0.3, 0.4) is 0 Å². The average molecular weight is 251 g/mol. The second-order valence-corrected chi connectivity index (χ2v) is 3.79. The monoisotopic (exact) mass is 251 g/mol. The molecule has 0 saturated carbocycles. The highest BCUT2D eigenvalue weighted by molar-refractivity contribution is 5.81. The first kappa shape index (κ1) is 14.2. The minimum absolute atomic E-state index is 0.0370. The molecule has 0 spiro atoms. The second kappa shape index (κ2) is 7.45. The van der Waals surface area contributed by atoms with E-state index in [2.05, 4.69) is 10.1 Å². The summed E-state index contributed by atoms with van der Waals surface area (Å²) in [6, 6.07) is 8.72. The van der Waals surface area contributed by atoms with E-state index in [1.807, 2.05) is 30.3 Å². The molecule has 0 aliphatic heterocycles. The number of carbonyl (C=O) groups is 2. The van der Waals surface area contributed by atoms with Crippen LogP contribution in [0.25, 0.3) is 0 Å². The van der Waals surface area contributed by atoms with Gasteiger partial charge < -0.3 is 15.2 Å². The molecule has 5 nitrogen and oxygen atoms in total. The summed E-state index contributed by atoms with van der Waals surface area (Å²) >= 11 is 0. The number of aliphatic hydroxyl groups excluding tert-OH is 1. The van der Waals surface area contributed by atoms with Crippen molar-refractivity contribution < 1.29 is 19.4 Å². The maximum atomic E-state index is 11.6. The number of hydrogen-bond acceptors (Lipinski definition) is 4. The van der Waals surface area contributed by atoms with Gasteiger partial charge in [-0.1, -0.05) is 30.3 Å². The predicted octanol–water partition coefficient (Wildman–Crippen LogP) is 0.789. The van der Waals surface area contributed by atoms with Crippen LogP contribution in [0.2, 0.25) is 0 Å². The van der Waals surface area contributed by atoms with Gasteiger partial charge in [-0.05, 0) is 5.56 Å². The number of rotatable bonds is 6. The molecule has 1 rings (SSSR count). The normalized spacial score (nSPS) is 11.7. The Kier molecular flexibility index (Phi) is 5.87. The molecule has 2 N–H and O–H groups in total. The van der Waals surface area contributed by atoms with Crippen molar-refractivity contribution in [3.8, 4) is 0 Å². The maximum absolute atomic E-state index is 11.6. The molecule has 0 radical (unpaired) electrons. The van der Waals surface area contributed by atoms with Crippen LogP contribution < -0.4 is 5.32 Å². The van der Waals surface area contributed by atoms with E-state index in [-0.39, 0.29) is 25.4 Å². The fourth-order valence-corrected chi connectivity index (χ4v) is 1.50. The molecule has 1 amide bonds. The van der Waals surface area contributed by atoms with Gasteiger partial charge in [0, 0.05) is 6.42 Å². The Labute approximate surface area is 106 Å². The largest absolute Gasteiger partial charge is 0.469 e. The van der Waals surface area contributed by atoms with Crippen molar-refractivity contribution in [2.24, 2.45) is 0 Å². The van der Waals surface area contributed by atoms with Crippen LogP contribution in [0, 0.1) is 0 Å². The van der Waals surface area contributed by atoms with Crippen LogP contribution in [0.5, 0.6) is 0 Å². The van der Waals surface area contributed by atoms with Crippen LogP contribution in [0.15, 0.2) is 30.3 Å². The molecule has 1 aromatic rings. The Hall–Kier alpha value is -1.88. The number of esters is 1. The fraction of sp³-hybridized carbons (Fsp3) is 0.385. The van der Waals surface area contributed by atoms with Crippen molar-refractivity contribution in [2.75, 3.05) is 13.7 Å². The molecule has 0 aliphatic carbocycles. The van der Waals surface area contributed by atoms with Crippen molar-refractivity contribution in [2.45, 2.75) is 18.9 Å². The lowest BCUT2D eigenvalue weighted by molar-refractivity contribution is -0.142. The van der Waals surface area contributed by atoms with E-state index < -0.39 is 12.0 Å². The molecule has 1 atom stereocenters. The van der Waals surface area contributed by atoms with Crippen LogP contribution in [0.1, 0.15) is 24.4 Å². The lowest BCUT2D eigenvalue weighted by Gasteiger charge is -2.16. The van der Waals surface area contributed by atoms with Gasteiger partial charge in [-0.25, -0.2) is 0 Å². The van der Waals surface area contributed by atoms with Crippen molar-refractivity contribution >= 4 is 11.9 Å². The van der Waals surface area contributed by atoms with Crippen molar-refractivity contribution in [3.05, 3.63) is 35.9 Å². The van der Waals surface area contributed by atoms with Crippen LogP contribution in [-0.2, 0) is 14.3 Å². The summed E-state index contributed by atoms with van der Waals surface area (Å²) in [6.07, 6.45) is 0.0886. The summed E-state index contributed by atoms with van der Waals surface area (Å²) in [6.45, 7) is -0.187. The number of aliphatic hydroxyl groups is 1. The zero-order valence-electron chi connectivity index (χ0n) is 10.3. The van der Waals surface area contributed by atoms with E-state index >= 15 is 0 Å². The molecule has 0 bridgehead atoms. The molecule has 0 saturated heterocycles. The first-order valence-electron chi connectivity index (χ1n) is 5.69. The van der Waals surface area contributed by atoms with Crippen LogP contribution in [0.4, 0.5) is 0 Å². The highest BCUT2D eigenvalue weighted by Crippen LogP contribution is 2.11. The minimum Gasteiger partial charge on any atom is -0.469 e. The Bertz CT molecular complexity index is 391. The Balaban J connectivity index is 2.49. The molecule has 0 aromatic heterocycles. The molecule has 0 fully saturated rings. The molecule has 1 aromatic carbocycles. The van der Waals surface area contributed by atoms with Crippen molar-refractivity contribution in [3.63, 3.8) is 0 Å². The zero-order valence-corrected chi connectivity index (χ0v) is 10.3. The van der Waals surface area contributed by atoms with Gasteiger partial charge in [0.2, 0.25) is 5.91 Å². The quantitative estimate of drug-likeness (QED) is 0.733. The van der Waals surface area contributed by atoms with Gasteiger partial charge in [0.05, 0.1) is 26.2 Å². The SMILES string of the molecule is COC(=O)CCC(=O)N[C@@H](CO)c1ccccc1. The lowest BCUT2D eigenvalue weighted by Crippen LogP contribution is -2.31. The predicted molar refractivity (Wildman–Crippen MR) is 65.7 cm³/mol. The van der Waals surface area contributed by atoms with E-state index in [0.717, 1.165) is 5.56 Å². The van der Waals surface area contributed by atoms with Gasteiger partial charge in [-0.3, -0.25) is 9.59 Å². The summed E-state index contributed by atoms with van der Waals surface area (Å²) in [5.41, 5.74) is 0.825. The van der Waals surface area contributed by atoms with Crippen molar-refractivity contribution in [1.29, 1.82) is 0 Å². The third-order valence-electron chi connectivity index (χ3n) is 2.50. The highest BCUT2D eigenvalue weighted by Gasteiger charge is 2.14. The van der Waals surface area contributed by atoms with Crippen LogP contribution >= 0.6 is 0 Å². The molecule has 5 heteroatoms. The van der Waals surface area contributed by atoms with E-state index in [9.17, 15) is 14.7 Å². The van der Waals surface area contributed by atoms with Gasteiger partial charge in [0.1, 0.15) is 0 Å². The van der Waals surface area contributed by atoms with Gasteiger partial charge in [-0.15, -0.1) is 0 Å². The van der Waals surface area contributed by atoms with Crippen molar-refractivity contribution in [1.82, 2.24) is 5.32 Å². The summed E-state index contributed by atoms with van der Waals surface area (Å²) < 4.78 is 4.45. The van der Waals surface area contributed by atoms with Gasteiger partial charge in [0.15, 0.2) is 0 Å². The highest BCUT2D eigenvalue weighted by atomic mass is 16.5. The molecule has 0 heterocycles. The molecule has 18 heavy (non-hydrogen) atoms. The number of benzene rings is 1. The first-order valence-corrected chi connectivity index (χ1v) is 5.69. The number of carbonyl (C=O) groups excluding carboxylic acids is 2. The zero-order chi connectivity index (χ0) is 13.4. The van der Waals surface area contributed by atoms with Crippen LogP contribution in [-0.4, -0.2) is 30.7 Å². The third kappa shape index (κ3) is 4.55. The van der Waals surface area contributed by atoms with E-state index in [4.69, 9.17) is 0 Å². The summed E-state index contributed by atoms with van der Waals surface area (Å²) in [5.74, 6) is -0.714. The number of methoxy groups -OCH3 is 1. The molecule has 98 valence electrons. The summed E-state index contributed by atoms with van der Waals surface area (Å²) in [5, 5.41) is 11.9. The topological polar surface area (TPSA) is 75.6 Å². The Morgan fingerprint density at radius 1 is 1.28 bits per heavy atom. The van der Waals surface area contributed by atoms with E-state index in [0.29, 0.717) is 0 Å². The number of amides is 1. The first-order chi connectivity index (χ1) is 8.67. The number of nitrogens with one attached hydrogen (secondary N) is 1. The van der Waals surface area contributed by atoms with Gasteiger partial charge >= 0.3 is 5.97 Å². The van der Waals surface area contributed by atoms with Gasteiger partial charge in [0.25, 0.3) is 0 Å². The Morgan fingerprint density at radius 2 is 1.94 bits per heavy atom. The fourth-order valence-electron chi connectivity index (χ4n) is 1.50. The van der Waals surface area contributed by atoms with Gasteiger partial charge in [-0.2, -0.15) is 0 Å². The summed E-state index contributed by atoms with van der Waals surface area (Å²) in [4.78, 5) is 22.5. The van der Waals surface area contributed by atoms with E-state index in [1.165, 1.54) is 7.11 Å². The molecular weight excluding hydrogens is 234 g/mol. The standard InChI is InChI=1S/C13H17NO4/c1-18-13(17)8-7-12(16)14-11(9-15)10-5-3-2-4-6-10/h2-6,11,15H,7-9H2,1H3,(H,14,16)/t11-/m0/s1.